The predicted molar refractivity (Wildman–Crippen MR) is 116 cm³/mol. The lowest BCUT2D eigenvalue weighted by molar-refractivity contribution is -0.137. The van der Waals surface area contributed by atoms with Crippen molar-refractivity contribution in [1.82, 2.24) is 10.6 Å². The summed E-state index contributed by atoms with van der Waals surface area (Å²) in [5.41, 5.74) is 6.69. The molecular weight excluding hydrogens is 434 g/mol. The summed E-state index contributed by atoms with van der Waals surface area (Å²) in [6, 6.07) is 9.55. The Bertz CT molecular complexity index is 1090. The van der Waals surface area contributed by atoms with E-state index in [0.29, 0.717) is 22.7 Å². The van der Waals surface area contributed by atoms with E-state index in [4.69, 9.17) is 30.5 Å². The molecule has 3 rings (SSSR count). The maximum atomic E-state index is 12.3. The van der Waals surface area contributed by atoms with E-state index < -0.39 is 24.2 Å². The lowest BCUT2D eigenvalue weighted by Crippen LogP contribution is -2.45. The summed E-state index contributed by atoms with van der Waals surface area (Å²) in [4.78, 5) is 35.4. The van der Waals surface area contributed by atoms with Crippen LogP contribution in [0.5, 0.6) is 17.2 Å². The molecule has 12 nitrogen and oxygen atoms in total. The monoisotopic (exact) mass is 457 g/mol. The largest absolute Gasteiger partial charge is 0.493 e. The first kappa shape index (κ1) is 23.2. The van der Waals surface area contributed by atoms with E-state index in [2.05, 4.69) is 16.0 Å². The number of carbonyl (C=O) groups is 3. The molecule has 174 valence electrons. The third-order valence-electron chi connectivity index (χ3n) is 4.48. The Morgan fingerprint density at radius 3 is 2.70 bits per heavy atom. The van der Waals surface area contributed by atoms with Crippen LogP contribution < -0.4 is 35.9 Å². The van der Waals surface area contributed by atoms with Gasteiger partial charge >= 0.3 is 12.4 Å². The van der Waals surface area contributed by atoms with Crippen molar-refractivity contribution in [3.8, 4) is 17.2 Å². The van der Waals surface area contributed by atoms with Crippen LogP contribution in [0.15, 0.2) is 36.4 Å². The van der Waals surface area contributed by atoms with Gasteiger partial charge in [0.25, 0.3) is 5.91 Å². The van der Waals surface area contributed by atoms with Crippen LogP contribution in [0.4, 0.5) is 5.69 Å². The van der Waals surface area contributed by atoms with E-state index in [9.17, 15) is 14.4 Å². The van der Waals surface area contributed by atoms with Crippen LogP contribution in [0, 0.1) is 5.41 Å². The minimum Gasteiger partial charge on any atom is -0.493 e. The van der Waals surface area contributed by atoms with Gasteiger partial charge in [-0.25, -0.2) is 0 Å². The van der Waals surface area contributed by atoms with Gasteiger partial charge in [0, 0.05) is 17.7 Å². The van der Waals surface area contributed by atoms with E-state index in [-0.39, 0.29) is 36.7 Å². The van der Waals surface area contributed by atoms with Crippen molar-refractivity contribution in [2.45, 2.75) is 19.3 Å². The SMILES string of the molecule is COc1cc(CCC(=O)O)cc2c1OC(NC(=O)CNC(=O)c1cccc(NC(=N)N)c1)O2. The van der Waals surface area contributed by atoms with Crippen molar-refractivity contribution >= 4 is 29.4 Å². The number of nitrogens with one attached hydrogen (secondary N) is 4. The van der Waals surface area contributed by atoms with Crippen molar-refractivity contribution in [2.24, 2.45) is 5.73 Å². The third kappa shape index (κ3) is 6.26. The maximum absolute atomic E-state index is 12.3. The number of carbonyl (C=O) groups excluding carboxylic acids is 2. The molecule has 1 heterocycles. The van der Waals surface area contributed by atoms with Crippen LogP contribution in [0.3, 0.4) is 0 Å². The van der Waals surface area contributed by atoms with Gasteiger partial charge < -0.3 is 35.7 Å². The van der Waals surface area contributed by atoms with Gasteiger partial charge in [0.1, 0.15) is 0 Å². The van der Waals surface area contributed by atoms with Crippen LogP contribution >= 0.6 is 0 Å². The molecule has 0 spiro atoms. The third-order valence-corrected chi connectivity index (χ3v) is 4.48. The number of carboxylic acid groups (broad SMARTS) is 1. The molecule has 7 N–H and O–H groups in total. The standard InChI is InChI=1S/C21H23N5O7/c1-31-14-7-11(5-6-17(28)29)8-15-18(14)33-21(32-15)26-16(27)10-24-19(30)12-3-2-4-13(9-12)25-20(22)23/h2-4,7-9,21H,5-6,10H2,1H3,(H,24,30)(H,26,27)(H,28,29)(H4,22,23,25). The van der Waals surface area contributed by atoms with Crippen molar-refractivity contribution in [3.63, 3.8) is 0 Å². The molecule has 1 atom stereocenters. The van der Waals surface area contributed by atoms with E-state index in [1.807, 2.05) is 0 Å². The summed E-state index contributed by atoms with van der Waals surface area (Å²) in [5.74, 6) is -1.34. The van der Waals surface area contributed by atoms with Gasteiger partial charge in [-0.15, -0.1) is 0 Å². The molecule has 0 fully saturated rings. The molecule has 0 saturated carbocycles. The molecule has 2 aromatic carbocycles. The van der Waals surface area contributed by atoms with Crippen LogP contribution in [0.2, 0.25) is 0 Å². The molecule has 1 aliphatic heterocycles. The molecule has 0 bridgehead atoms. The molecule has 12 heteroatoms. The van der Waals surface area contributed by atoms with Crippen LogP contribution in [-0.4, -0.2) is 48.9 Å². The number of ether oxygens (including phenoxy) is 3. The topological polar surface area (TPSA) is 185 Å². The Hall–Kier alpha value is -4.48. The lowest BCUT2D eigenvalue weighted by atomic mass is 10.1. The average molecular weight is 457 g/mol. The Balaban J connectivity index is 1.55. The molecule has 2 amide bonds. The fourth-order valence-electron chi connectivity index (χ4n) is 3.03. The number of hydrogen-bond donors (Lipinski definition) is 6. The zero-order valence-corrected chi connectivity index (χ0v) is 17.6. The van der Waals surface area contributed by atoms with Gasteiger partial charge in [-0.1, -0.05) is 6.07 Å². The number of rotatable bonds is 9. The highest BCUT2D eigenvalue weighted by Crippen LogP contribution is 2.43. The Labute approximate surface area is 188 Å². The van der Waals surface area contributed by atoms with Gasteiger partial charge in [0.2, 0.25) is 11.7 Å². The highest BCUT2D eigenvalue weighted by atomic mass is 16.7. The van der Waals surface area contributed by atoms with Gasteiger partial charge in [-0.05, 0) is 42.3 Å². The first-order valence-corrected chi connectivity index (χ1v) is 9.80. The highest BCUT2D eigenvalue weighted by Gasteiger charge is 2.29. The number of aliphatic carboxylic acids is 1. The van der Waals surface area contributed by atoms with Crippen LogP contribution in [-0.2, 0) is 16.0 Å². The van der Waals surface area contributed by atoms with Gasteiger partial charge in [0.05, 0.1) is 13.7 Å². The number of fused-ring (bicyclic) bond motifs is 1. The summed E-state index contributed by atoms with van der Waals surface area (Å²) >= 11 is 0. The van der Waals surface area contributed by atoms with Gasteiger partial charge in [-0.2, -0.15) is 0 Å². The average Bonchev–Trinajstić information content (AvgIpc) is 3.17. The zero-order valence-electron chi connectivity index (χ0n) is 17.6. The molecule has 0 saturated heterocycles. The molecule has 0 radical (unpaired) electrons. The highest BCUT2D eigenvalue weighted by molar-refractivity contribution is 5.98. The van der Waals surface area contributed by atoms with Crippen molar-refractivity contribution in [1.29, 1.82) is 5.41 Å². The van der Waals surface area contributed by atoms with E-state index >= 15 is 0 Å². The van der Waals surface area contributed by atoms with E-state index in [0.717, 1.165) is 0 Å². The lowest BCUT2D eigenvalue weighted by Gasteiger charge is -2.13. The Kier molecular flexibility index (Phi) is 7.18. The second-order valence-corrected chi connectivity index (χ2v) is 6.96. The molecular formula is C21H23N5O7. The second kappa shape index (κ2) is 10.2. The maximum Gasteiger partial charge on any atom is 0.327 e. The molecule has 0 aromatic heterocycles. The molecule has 2 aromatic rings. The summed E-state index contributed by atoms with van der Waals surface area (Å²) in [7, 11) is 1.43. The number of benzene rings is 2. The normalized spacial score (nSPS) is 13.7. The smallest absolute Gasteiger partial charge is 0.327 e. The quantitative estimate of drug-likeness (QED) is 0.232. The minimum absolute atomic E-state index is 0.0591. The second-order valence-electron chi connectivity index (χ2n) is 6.96. The summed E-state index contributed by atoms with van der Waals surface area (Å²) in [6.07, 6.45) is -0.929. The van der Waals surface area contributed by atoms with E-state index in [1.165, 1.54) is 13.2 Å². The number of anilines is 1. The van der Waals surface area contributed by atoms with Gasteiger partial charge in [0.15, 0.2) is 17.5 Å². The summed E-state index contributed by atoms with van der Waals surface area (Å²) in [6.45, 7) is -0.343. The first-order valence-electron chi connectivity index (χ1n) is 9.80. The van der Waals surface area contributed by atoms with E-state index in [1.54, 1.807) is 30.3 Å². The number of guanidine groups is 1. The molecule has 1 aliphatic rings. The number of aryl methyl sites for hydroxylation is 1. The molecule has 1 unspecified atom stereocenters. The first-order chi connectivity index (χ1) is 15.7. The molecule has 33 heavy (non-hydrogen) atoms. The zero-order chi connectivity index (χ0) is 24.0. The minimum atomic E-state index is -1.14. The van der Waals surface area contributed by atoms with Gasteiger partial charge in [-0.3, -0.25) is 25.1 Å². The number of amides is 2. The van der Waals surface area contributed by atoms with Crippen molar-refractivity contribution in [2.75, 3.05) is 19.0 Å². The number of methoxy groups -OCH3 is 1. The van der Waals surface area contributed by atoms with Crippen LogP contribution in [0.25, 0.3) is 0 Å². The summed E-state index contributed by atoms with van der Waals surface area (Å²) < 4.78 is 16.4. The van der Waals surface area contributed by atoms with Crippen molar-refractivity contribution < 1.29 is 33.7 Å². The summed E-state index contributed by atoms with van der Waals surface area (Å²) in [5, 5.41) is 23.6. The van der Waals surface area contributed by atoms with Crippen molar-refractivity contribution in [3.05, 3.63) is 47.5 Å². The Morgan fingerprint density at radius 2 is 2.00 bits per heavy atom. The molecule has 0 aliphatic carbocycles. The number of nitrogens with two attached hydrogens (primary N) is 1. The Morgan fingerprint density at radius 1 is 1.21 bits per heavy atom. The van der Waals surface area contributed by atoms with Crippen LogP contribution in [0.1, 0.15) is 22.3 Å². The fourth-order valence-corrected chi connectivity index (χ4v) is 3.03. The number of hydrogen-bond acceptors (Lipinski definition) is 7. The predicted octanol–water partition coefficient (Wildman–Crippen LogP) is 0.619. The number of carboxylic acids is 1. The fraction of sp³-hybridized carbons (Fsp3) is 0.238.